The summed E-state index contributed by atoms with van der Waals surface area (Å²) in [6, 6.07) is 9.91. The van der Waals surface area contributed by atoms with Crippen molar-refractivity contribution in [2.45, 2.75) is 18.2 Å². The zero-order valence-corrected chi connectivity index (χ0v) is 13.9. The van der Waals surface area contributed by atoms with E-state index in [1.54, 1.807) is 18.7 Å². The molecule has 0 atom stereocenters. The van der Waals surface area contributed by atoms with Gasteiger partial charge >= 0.3 is 5.97 Å². The van der Waals surface area contributed by atoms with Gasteiger partial charge in [0.15, 0.2) is 5.13 Å². The number of aryl methyl sites for hydroxylation is 1. The molecule has 0 aliphatic heterocycles. The number of aromatic nitrogens is 1. The lowest BCUT2D eigenvalue weighted by Crippen LogP contribution is -2.11. The standard InChI is InChI=1S/C15H16N2O3S2/c1-10-13(14(19)20-2)22-15(16-10)17-12(18)8-9-21-11-6-4-3-5-7-11/h3-7H,8-9H2,1-2H3,(H,16,17,18). The highest BCUT2D eigenvalue weighted by atomic mass is 32.2. The molecular weight excluding hydrogens is 320 g/mol. The molecule has 0 aliphatic rings. The molecule has 116 valence electrons. The Morgan fingerprint density at radius 2 is 2.05 bits per heavy atom. The average molecular weight is 336 g/mol. The minimum absolute atomic E-state index is 0.117. The van der Waals surface area contributed by atoms with Gasteiger partial charge in [0.05, 0.1) is 12.8 Å². The van der Waals surface area contributed by atoms with Gasteiger partial charge in [-0.05, 0) is 19.1 Å². The molecule has 0 saturated carbocycles. The van der Waals surface area contributed by atoms with Gasteiger partial charge in [0.2, 0.25) is 5.91 Å². The van der Waals surface area contributed by atoms with E-state index < -0.39 is 5.97 Å². The molecule has 2 aromatic rings. The van der Waals surface area contributed by atoms with E-state index in [0.717, 1.165) is 16.2 Å². The van der Waals surface area contributed by atoms with Crippen LogP contribution in [0.15, 0.2) is 35.2 Å². The van der Waals surface area contributed by atoms with Crippen LogP contribution >= 0.6 is 23.1 Å². The van der Waals surface area contributed by atoms with Crippen LogP contribution in [0.2, 0.25) is 0 Å². The minimum atomic E-state index is -0.435. The lowest BCUT2D eigenvalue weighted by atomic mass is 10.4. The summed E-state index contributed by atoms with van der Waals surface area (Å²) < 4.78 is 4.66. The van der Waals surface area contributed by atoms with Gasteiger partial charge in [-0.3, -0.25) is 4.79 Å². The third kappa shape index (κ3) is 4.57. The Morgan fingerprint density at radius 1 is 1.32 bits per heavy atom. The summed E-state index contributed by atoms with van der Waals surface area (Å²) in [4.78, 5) is 29.1. The summed E-state index contributed by atoms with van der Waals surface area (Å²) in [6.45, 7) is 1.71. The fourth-order valence-corrected chi connectivity index (χ4v) is 3.47. The number of nitrogens with one attached hydrogen (secondary N) is 1. The van der Waals surface area contributed by atoms with Gasteiger partial charge in [-0.2, -0.15) is 0 Å². The zero-order valence-electron chi connectivity index (χ0n) is 12.3. The number of hydrogen-bond acceptors (Lipinski definition) is 6. The Bertz CT molecular complexity index is 656. The van der Waals surface area contributed by atoms with Crippen molar-refractivity contribution in [2.75, 3.05) is 18.2 Å². The Kier molecular flexibility index (Phi) is 5.97. The number of thioether (sulfide) groups is 1. The third-order valence-corrected chi connectivity index (χ3v) is 4.82. The predicted molar refractivity (Wildman–Crippen MR) is 88.6 cm³/mol. The normalized spacial score (nSPS) is 10.3. The van der Waals surface area contributed by atoms with Gasteiger partial charge < -0.3 is 10.1 Å². The van der Waals surface area contributed by atoms with Crippen molar-refractivity contribution in [3.8, 4) is 0 Å². The molecule has 0 bridgehead atoms. The average Bonchev–Trinajstić information content (AvgIpc) is 2.88. The topological polar surface area (TPSA) is 68.3 Å². The van der Waals surface area contributed by atoms with Crippen LogP contribution in [-0.2, 0) is 9.53 Å². The number of esters is 1. The molecule has 0 fully saturated rings. The summed E-state index contributed by atoms with van der Waals surface area (Å²) in [5, 5.41) is 3.14. The van der Waals surface area contributed by atoms with Crippen molar-refractivity contribution in [3.05, 3.63) is 40.9 Å². The number of benzene rings is 1. The van der Waals surface area contributed by atoms with Crippen molar-refractivity contribution in [1.82, 2.24) is 4.98 Å². The SMILES string of the molecule is COC(=O)c1sc(NC(=O)CCSc2ccccc2)nc1C. The van der Waals surface area contributed by atoms with E-state index in [9.17, 15) is 9.59 Å². The number of hydrogen-bond donors (Lipinski definition) is 1. The van der Waals surface area contributed by atoms with Gasteiger partial charge in [-0.25, -0.2) is 9.78 Å². The molecule has 0 unspecified atom stereocenters. The first-order valence-electron chi connectivity index (χ1n) is 6.63. The number of carbonyl (C=O) groups excluding carboxylic acids is 2. The second-order valence-corrected chi connectivity index (χ2v) is 6.55. The molecule has 1 aromatic carbocycles. The van der Waals surface area contributed by atoms with Crippen molar-refractivity contribution in [3.63, 3.8) is 0 Å². The number of rotatable bonds is 6. The number of anilines is 1. The summed E-state index contributed by atoms with van der Waals surface area (Å²) in [6.07, 6.45) is 0.381. The van der Waals surface area contributed by atoms with E-state index in [0.29, 0.717) is 27.9 Å². The third-order valence-electron chi connectivity index (χ3n) is 2.75. The van der Waals surface area contributed by atoms with Crippen LogP contribution in [0.5, 0.6) is 0 Å². The van der Waals surface area contributed by atoms with E-state index >= 15 is 0 Å². The fourth-order valence-electron chi connectivity index (χ4n) is 1.69. The highest BCUT2D eigenvalue weighted by Crippen LogP contribution is 2.24. The minimum Gasteiger partial charge on any atom is -0.465 e. The Balaban J connectivity index is 1.83. The van der Waals surface area contributed by atoms with E-state index in [4.69, 9.17) is 0 Å². The van der Waals surface area contributed by atoms with Gasteiger partial charge in [-0.1, -0.05) is 29.5 Å². The molecule has 1 heterocycles. The van der Waals surface area contributed by atoms with Crippen LogP contribution < -0.4 is 5.32 Å². The molecule has 1 amide bonds. The van der Waals surface area contributed by atoms with E-state index in [1.165, 1.54) is 7.11 Å². The first kappa shape index (κ1) is 16.5. The molecule has 0 spiro atoms. The Morgan fingerprint density at radius 3 is 2.73 bits per heavy atom. The number of amides is 1. The number of methoxy groups -OCH3 is 1. The van der Waals surface area contributed by atoms with Gasteiger partial charge in [0, 0.05) is 17.1 Å². The van der Waals surface area contributed by atoms with Gasteiger partial charge in [0.1, 0.15) is 4.88 Å². The monoisotopic (exact) mass is 336 g/mol. The molecule has 0 saturated heterocycles. The molecule has 0 radical (unpaired) electrons. The lowest BCUT2D eigenvalue weighted by molar-refractivity contribution is -0.115. The van der Waals surface area contributed by atoms with Crippen molar-refractivity contribution < 1.29 is 14.3 Å². The Labute approximate surface area is 137 Å². The van der Waals surface area contributed by atoms with Crippen molar-refractivity contribution in [2.24, 2.45) is 0 Å². The van der Waals surface area contributed by atoms with Crippen LogP contribution in [0.25, 0.3) is 0 Å². The smallest absolute Gasteiger partial charge is 0.350 e. The number of nitrogens with zero attached hydrogens (tertiary/aromatic N) is 1. The van der Waals surface area contributed by atoms with Gasteiger partial charge in [0.25, 0.3) is 0 Å². The highest BCUT2D eigenvalue weighted by Gasteiger charge is 2.16. The van der Waals surface area contributed by atoms with Crippen LogP contribution in [0.4, 0.5) is 5.13 Å². The van der Waals surface area contributed by atoms with E-state index in [2.05, 4.69) is 15.0 Å². The Hall–Kier alpha value is -1.86. The van der Waals surface area contributed by atoms with Gasteiger partial charge in [-0.15, -0.1) is 11.8 Å². The molecule has 7 heteroatoms. The lowest BCUT2D eigenvalue weighted by Gasteiger charge is -2.02. The second kappa shape index (κ2) is 7.95. The molecule has 22 heavy (non-hydrogen) atoms. The van der Waals surface area contributed by atoms with Crippen LogP contribution in [0.3, 0.4) is 0 Å². The summed E-state index contributed by atoms with van der Waals surface area (Å²) in [5.74, 6) is 0.132. The molecular formula is C15H16N2O3S2. The molecule has 2 rings (SSSR count). The fraction of sp³-hybridized carbons (Fsp3) is 0.267. The maximum absolute atomic E-state index is 11.9. The largest absolute Gasteiger partial charge is 0.465 e. The number of thiazole rings is 1. The number of carbonyl (C=O) groups is 2. The summed E-state index contributed by atoms with van der Waals surface area (Å²) >= 11 is 2.75. The molecule has 1 aromatic heterocycles. The first-order valence-corrected chi connectivity index (χ1v) is 8.44. The maximum Gasteiger partial charge on any atom is 0.350 e. The van der Waals surface area contributed by atoms with Crippen molar-refractivity contribution >= 4 is 40.1 Å². The quantitative estimate of drug-likeness (QED) is 0.647. The summed E-state index contributed by atoms with van der Waals surface area (Å²) in [5.41, 5.74) is 0.561. The summed E-state index contributed by atoms with van der Waals surface area (Å²) in [7, 11) is 1.32. The number of ether oxygens (including phenoxy) is 1. The molecule has 1 N–H and O–H groups in total. The zero-order chi connectivity index (χ0) is 15.9. The molecule has 5 nitrogen and oxygen atoms in total. The van der Waals surface area contributed by atoms with Crippen LogP contribution in [0.1, 0.15) is 21.8 Å². The molecule has 0 aliphatic carbocycles. The second-order valence-electron chi connectivity index (χ2n) is 4.38. The maximum atomic E-state index is 11.9. The predicted octanol–water partition coefficient (Wildman–Crippen LogP) is 3.36. The van der Waals surface area contributed by atoms with Crippen LogP contribution in [0, 0.1) is 6.92 Å². The van der Waals surface area contributed by atoms with E-state index in [-0.39, 0.29) is 5.91 Å². The first-order chi connectivity index (χ1) is 10.6. The van der Waals surface area contributed by atoms with E-state index in [1.807, 2.05) is 30.3 Å². The van der Waals surface area contributed by atoms with Crippen molar-refractivity contribution in [1.29, 1.82) is 0 Å². The highest BCUT2D eigenvalue weighted by molar-refractivity contribution is 7.99. The van der Waals surface area contributed by atoms with Crippen LogP contribution in [-0.4, -0.2) is 29.7 Å².